The van der Waals surface area contributed by atoms with Gasteiger partial charge in [0.05, 0.1) is 7.11 Å². The van der Waals surface area contributed by atoms with Crippen molar-refractivity contribution in [3.05, 3.63) is 74.6 Å². The number of hydrogen-bond acceptors (Lipinski definition) is 5. The van der Waals surface area contributed by atoms with Gasteiger partial charge in [0.1, 0.15) is 5.75 Å². The molecule has 0 spiro atoms. The fraction of sp³-hybridized carbons (Fsp3) is 0.440. The summed E-state index contributed by atoms with van der Waals surface area (Å²) in [6, 6.07) is 18.5. The Labute approximate surface area is 187 Å². The first-order valence-electron chi connectivity index (χ1n) is 11.0. The molecule has 1 N–H and O–H groups in total. The van der Waals surface area contributed by atoms with Gasteiger partial charge in [-0.05, 0) is 67.2 Å². The number of rotatable bonds is 7. The lowest BCUT2D eigenvalue weighted by atomic mass is 9.86. The summed E-state index contributed by atoms with van der Waals surface area (Å²) in [7, 11) is 1.77. The number of nitrogens with one attached hydrogen (secondary N) is 1. The number of methoxy groups -OCH3 is 1. The van der Waals surface area contributed by atoms with Crippen LogP contribution >= 0.6 is 22.7 Å². The summed E-state index contributed by atoms with van der Waals surface area (Å²) < 4.78 is 5.61. The molecule has 3 aliphatic heterocycles. The molecule has 2 unspecified atom stereocenters. The van der Waals surface area contributed by atoms with Gasteiger partial charge in [0.25, 0.3) is 0 Å². The highest BCUT2D eigenvalue weighted by molar-refractivity contribution is 7.11. The Bertz CT molecular complexity index is 882. The van der Waals surface area contributed by atoms with E-state index in [0.29, 0.717) is 18.0 Å². The topological polar surface area (TPSA) is 24.5 Å². The van der Waals surface area contributed by atoms with Gasteiger partial charge < -0.3 is 10.1 Å². The van der Waals surface area contributed by atoms with Crippen molar-refractivity contribution in [1.82, 2.24) is 10.2 Å². The summed E-state index contributed by atoms with van der Waals surface area (Å²) in [5.74, 6) is 2.26. The van der Waals surface area contributed by atoms with Crippen molar-refractivity contribution in [2.24, 2.45) is 5.92 Å². The predicted molar refractivity (Wildman–Crippen MR) is 127 cm³/mol. The maximum absolute atomic E-state index is 5.61. The third-order valence-electron chi connectivity index (χ3n) is 6.86. The molecule has 158 valence electrons. The van der Waals surface area contributed by atoms with E-state index >= 15 is 0 Å². The van der Waals surface area contributed by atoms with Crippen LogP contribution in [0, 0.1) is 5.92 Å². The van der Waals surface area contributed by atoms with Gasteiger partial charge in [-0.25, -0.2) is 0 Å². The lowest BCUT2D eigenvalue weighted by Gasteiger charge is -2.40. The van der Waals surface area contributed by atoms with Gasteiger partial charge in [0, 0.05) is 39.9 Å². The smallest absolute Gasteiger partial charge is 0.123 e. The first-order chi connectivity index (χ1) is 14.8. The van der Waals surface area contributed by atoms with Crippen LogP contribution in [0.2, 0.25) is 0 Å². The van der Waals surface area contributed by atoms with Crippen molar-refractivity contribution in [2.75, 3.05) is 20.2 Å². The van der Waals surface area contributed by atoms with Gasteiger partial charge in [-0.1, -0.05) is 30.3 Å². The summed E-state index contributed by atoms with van der Waals surface area (Å²) in [5.41, 5.74) is 1.24. The van der Waals surface area contributed by atoms with E-state index in [4.69, 9.17) is 4.74 Å². The zero-order chi connectivity index (χ0) is 20.3. The zero-order valence-corrected chi connectivity index (χ0v) is 19.1. The van der Waals surface area contributed by atoms with E-state index in [1.807, 2.05) is 28.7 Å². The number of fused-ring (bicyclic) bond motifs is 4. The highest BCUT2D eigenvalue weighted by Crippen LogP contribution is 2.42. The van der Waals surface area contributed by atoms with Crippen LogP contribution in [-0.4, -0.2) is 37.2 Å². The highest BCUT2D eigenvalue weighted by atomic mass is 32.1. The molecule has 0 amide bonds. The Morgan fingerprint density at radius 1 is 1.00 bits per heavy atom. The average Bonchev–Trinajstić information content (AvgIpc) is 3.45. The quantitative estimate of drug-likeness (QED) is 0.520. The van der Waals surface area contributed by atoms with E-state index in [1.54, 1.807) is 7.11 Å². The Hall–Kier alpha value is -1.66. The molecule has 3 nitrogen and oxygen atoms in total. The van der Waals surface area contributed by atoms with Crippen LogP contribution in [-0.2, 0) is 6.54 Å². The monoisotopic (exact) mass is 438 g/mol. The maximum atomic E-state index is 5.61. The van der Waals surface area contributed by atoms with Gasteiger partial charge >= 0.3 is 0 Å². The van der Waals surface area contributed by atoms with Crippen molar-refractivity contribution in [2.45, 2.75) is 43.8 Å². The van der Waals surface area contributed by atoms with E-state index < -0.39 is 0 Å². The standard InChI is InChI=1S/C25H30N2OS2/c1-28-21-7-3-2-6-19(21)17-26-20-16-18-10-12-27(13-11-18)25(20)24(22-8-4-14-29-22)23-9-5-15-30-23/h2-9,14-15,18,20,24-26H,10-13,16-17H2,1H3. The van der Waals surface area contributed by atoms with Crippen LogP contribution in [0.4, 0.5) is 0 Å². The summed E-state index contributed by atoms with van der Waals surface area (Å²) in [5, 5.41) is 8.46. The Balaban J connectivity index is 1.47. The van der Waals surface area contributed by atoms with Crippen molar-refractivity contribution in [1.29, 1.82) is 0 Å². The minimum Gasteiger partial charge on any atom is -0.496 e. The van der Waals surface area contributed by atoms with Gasteiger partial charge in [-0.3, -0.25) is 4.90 Å². The van der Waals surface area contributed by atoms with Crippen molar-refractivity contribution in [3.63, 3.8) is 0 Å². The zero-order valence-electron chi connectivity index (χ0n) is 17.5. The molecule has 3 fully saturated rings. The van der Waals surface area contributed by atoms with Gasteiger partial charge in [-0.15, -0.1) is 22.7 Å². The predicted octanol–water partition coefficient (Wildman–Crippen LogP) is 5.59. The minimum atomic E-state index is 0.442. The molecule has 5 heteroatoms. The largest absolute Gasteiger partial charge is 0.496 e. The Morgan fingerprint density at radius 2 is 1.70 bits per heavy atom. The third-order valence-corrected chi connectivity index (χ3v) is 8.77. The summed E-state index contributed by atoms with van der Waals surface area (Å²) in [4.78, 5) is 5.78. The number of thiophene rings is 2. The Morgan fingerprint density at radius 3 is 2.33 bits per heavy atom. The van der Waals surface area contributed by atoms with Gasteiger partial charge in [-0.2, -0.15) is 0 Å². The van der Waals surface area contributed by atoms with Gasteiger partial charge in [0.2, 0.25) is 0 Å². The first kappa shape index (κ1) is 20.3. The molecule has 0 saturated carbocycles. The van der Waals surface area contributed by atoms with E-state index in [2.05, 4.69) is 63.4 Å². The highest BCUT2D eigenvalue weighted by Gasteiger charge is 2.42. The molecule has 3 saturated heterocycles. The summed E-state index contributed by atoms with van der Waals surface area (Å²) in [6.07, 6.45) is 3.94. The van der Waals surface area contributed by atoms with E-state index in [-0.39, 0.29) is 0 Å². The molecule has 2 atom stereocenters. The first-order valence-corrected chi connectivity index (χ1v) is 12.8. The van der Waals surface area contributed by atoms with E-state index in [0.717, 1.165) is 18.2 Å². The number of hydrogen-bond donors (Lipinski definition) is 1. The molecule has 2 bridgehead atoms. The second-order valence-electron chi connectivity index (χ2n) is 8.51. The Kier molecular flexibility index (Phi) is 6.23. The summed E-state index contributed by atoms with van der Waals surface area (Å²) in [6.45, 7) is 3.32. The lowest BCUT2D eigenvalue weighted by molar-refractivity contribution is 0.144. The molecule has 6 rings (SSSR count). The van der Waals surface area contributed by atoms with Gasteiger partial charge in [0.15, 0.2) is 0 Å². The fourth-order valence-electron chi connectivity index (χ4n) is 5.39. The molecule has 0 aliphatic carbocycles. The normalized spacial score (nSPS) is 26.1. The van der Waals surface area contributed by atoms with Crippen LogP contribution in [0.15, 0.2) is 59.3 Å². The molecular weight excluding hydrogens is 408 g/mol. The lowest BCUT2D eigenvalue weighted by Crippen LogP contribution is -2.51. The van der Waals surface area contributed by atoms with Crippen molar-refractivity contribution >= 4 is 22.7 Å². The summed E-state index contributed by atoms with van der Waals surface area (Å²) >= 11 is 3.82. The van der Waals surface area contributed by atoms with E-state index in [1.165, 1.54) is 47.7 Å². The molecule has 3 aliphatic rings. The number of nitrogens with zero attached hydrogens (tertiary/aromatic N) is 1. The molecular formula is C25H30N2OS2. The minimum absolute atomic E-state index is 0.442. The number of benzene rings is 1. The molecule has 2 aromatic heterocycles. The number of ether oxygens (including phenoxy) is 1. The van der Waals surface area contributed by atoms with E-state index in [9.17, 15) is 0 Å². The van der Waals surface area contributed by atoms with Crippen LogP contribution in [0.25, 0.3) is 0 Å². The maximum Gasteiger partial charge on any atom is 0.123 e. The van der Waals surface area contributed by atoms with Crippen molar-refractivity contribution in [3.8, 4) is 5.75 Å². The molecule has 0 radical (unpaired) electrons. The molecule has 3 aromatic rings. The van der Waals surface area contributed by atoms with Crippen LogP contribution in [0.5, 0.6) is 5.75 Å². The van der Waals surface area contributed by atoms with Crippen LogP contribution < -0.4 is 10.1 Å². The SMILES string of the molecule is COc1ccccc1CNC1CC2CCN(CC2)C1C(c1cccs1)c1cccs1. The average molecular weight is 439 g/mol. The molecule has 5 heterocycles. The fourth-order valence-corrected chi connectivity index (χ4v) is 7.23. The second-order valence-corrected chi connectivity index (χ2v) is 10.5. The van der Waals surface area contributed by atoms with Crippen LogP contribution in [0.3, 0.4) is 0 Å². The van der Waals surface area contributed by atoms with Crippen molar-refractivity contribution < 1.29 is 4.74 Å². The number of piperidine rings is 1. The number of para-hydroxylation sites is 1. The second kappa shape index (κ2) is 9.23. The van der Waals surface area contributed by atoms with Crippen LogP contribution in [0.1, 0.15) is 40.5 Å². The third kappa shape index (κ3) is 4.09. The molecule has 1 aromatic carbocycles. The molecule has 30 heavy (non-hydrogen) atoms.